The van der Waals surface area contributed by atoms with Gasteiger partial charge in [-0.3, -0.25) is 4.98 Å². The van der Waals surface area contributed by atoms with Crippen molar-refractivity contribution in [3.63, 3.8) is 0 Å². The molecule has 1 heterocycles. The summed E-state index contributed by atoms with van der Waals surface area (Å²) in [6.07, 6.45) is 1.61. The molecule has 2 rings (SSSR count). The summed E-state index contributed by atoms with van der Waals surface area (Å²) < 4.78 is 19.4. The molecule has 0 amide bonds. The van der Waals surface area contributed by atoms with E-state index in [0.717, 1.165) is 10.5 Å². The number of esters is 1. The largest absolute Gasteiger partial charge is 0.456 e. The Kier molecular flexibility index (Phi) is 4.72. The number of nitrogens with zero attached hydrogens (tertiary/aromatic N) is 1. The van der Waals surface area contributed by atoms with Gasteiger partial charge in [0.2, 0.25) is 0 Å². The summed E-state index contributed by atoms with van der Waals surface area (Å²) in [5, 5.41) is 0. The first kappa shape index (κ1) is 14.9. The van der Waals surface area contributed by atoms with Crippen molar-refractivity contribution in [2.45, 2.75) is 6.61 Å². The van der Waals surface area contributed by atoms with Gasteiger partial charge in [0, 0.05) is 15.1 Å². The van der Waals surface area contributed by atoms with Crippen molar-refractivity contribution in [3.8, 4) is 0 Å². The van der Waals surface area contributed by atoms with E-state index >= 15 is 0 Å². The maximum atomic E-state index is 13.2. The second kappa shape index (κ2) is 6.32. The second-order valence-corrected chi connectivity index (χ2v) is 5.67. The van der Waals surface area contributed by atoms with Crippen molar-refractivity contribution < 1.29 is 13.9 Å². The van der Waals surface area contributed by atoms with E-state index in [2.05, 4.69) is 36.8 Å². The highest BCUT2D eigenvalue weighted by atomic mass is 79.9. The van der Waals surface area contributed by atoms with Gasteiger partial charge in [0.25, 0.3) is 0 Å². The van der Waals surface area contributed by atoms with Gasteiger partial charge in [-0.1, -0.05) is 0 Å². The molecule has 0 saturated carbocycles. The SMILES string of the molecule is Nc1cc(C(=O)OCc2ccc(Br)cn2)c(Br)cc1F. The molecule has 0 atom stereocenters. The summed E-state index contributed by atoms with van der Waals surface area (Å²) in [5.74, 6) is -1.20. The summed E-state index contributed by atoms with van der Waals surface area (Å²) in [7, 11) is 0. The lowest BCUT2D eigenvalue weighted by molar-refractivity contribution is 0.0466. The predicted octanol–water partition coefficient (Wildman–Crippen LogP) is 3.68. The third-order valence-electron chi connectivity index (χ3n) is 2.45. The highest BCUT2D eigenvalue weighted by Gasteiger charge is 2.15. The number of nitrogen functional groups attached to an aromatic ring is 1. The van der Waals surface area contributed by atoms with Crippen LogP contribution in [-0.2, 0) is 11.3 Å². The van der Waals surface area contributed by atoms with Gasteiger partial charge in [-0.15, -0.1) is 0 Å². The quantitative estimate of drug-likeness (QED) is 0.627. The third-order valence-corrected chi connectivity index (χ3v) is 3.57. The Bertz CT molecular complexity index is 648. The molecule has 7 heteroatoms. The molecule has 0 aliphatic rings. The summed E-state index contributed by atoms with van der Waals surface area (Å²) in [4.78, 5) is 16.0. The number of aromatic nitrogens is 1. The molecule has 2 aromatic rings. The van der Waals surface area contributed by atoms with Crippen molar-refractivity contribution >= 4 is 43.5 Å². The molecule has 0 fully saturated rings. The number of rotatable bonds is 3. The van der Waals surface area contributed by atoms with Crippen LogP contribution in [0, 0.1) is 5.82 Å². The first-order chi connectivity index (χ1) is 9.47. The Labute approximate surface area is 131 Å². The van der Waals surface area contributed by atoms with Crippen molar-refractivity contribution in [2.24, 2.45) is 0 Å². The van der Waals surface area contributed by atoms with E-state index in [0.29, 0.717) is 5.69 Å². The minimum atomic E-state index is -0.603. The van der Waals surface area contributed by atoms with E-state index in [-0.39, 0.29) is 22.3 Å². The van der Waals surface area contributed by atoms with Gasteiger partial charge < -0.3 is 10.5 Å². The molecule has 104 valence electrons. The summed E-state index contributed by atoms with van der Waals surface area (Å²) in [6, 6.07) is 5.88. The Morgan fingerprint density at radius 1 is 1.35 bits per heavy atom. The van der Waals surface area contributed by atoms with Crippen LogP contribution in [0.4, 0.5) is 10.1 Å². The maximum absolute atomic E-state index is 13.2. The number of pyridine rings is 1. The van der Waals surface area contributed by atoms with Crippen LogP contribution in [0.3, 0.4) is 0 Å². The van der Waals surface area contributed by atoms with E-state index in [1.165, 1.54) is 6.07 Å². The van der Waals surface area contributed by atoms with Crippen LogP contribution < -0.4 is 5.73 Å². The van der Waals surface area contributed by atoms with Gasteiger partial charge >= 0.3 is 5.97 Å². The standard InChI is InChI=1S/C13H9Br2FN2O2/c14-7-1-2-8(18-5-7)6-20-13(19)9-3-12(17)11(16)4-10(9)15/h1-5H,6,17H2. The monoisotopic (exact) mass is 402 g/mol. The van der Waals surface area contributed by atoms with Gasteiger partial charge in [-0.25, -0.2) is 9.18 Å². The number of benzene rings is 1. The normalized spacial score (nSPS) is 10.3. The molecule has 0 spiro atoms. The Hall–Kier alpha value is -1.47. The van der Waals surface area contributed by atoms with Crippen molar-refractivity contribution in [1.82, 2.24) is 4.98 Å². The fourth-order valence-corrected chi connectivity index (χ4v) is 2.14. The van der Waals surface area contributed by atoms with Crippen LogP contribution >= 0.6 is 31.9 Å². The molecule has 0 saturated heterocycles. The van der Waals surface area contributed by atoms with Crippen molar-refractivity contribution in [3.05, 3.63) is 56.5 Å². The average Bonchev–Trinajstić information content (AvgIpc) is 2.42. The van der Waals surface area contributed by atoms with Crippen LogP contribution in [0.5, 0.6) is 0 Å². The Morgan fingerprint density at radius 2 is 2.10 bits per heavy atom. The average molecular weight is 404 g/mol. The molecule has 1 aromatic heterocycles. The van der Waals surface area contributed by atoms with Gasteiger partial charge in [-0.05, 0) is 56.1 Å². The van der Waals surface area contributed by atoms with Crippen LogP contribution in [0.2, 0.25) is 0 Å². The van der Waals surface area contributed by atoms with Gasteiger partial charge in [-0.2, -0.15) is 0 Å². The molecule has 0 aliphatic heterocycles. The third kappa shape index (κ3) is 3.55. The summed E-state index contributed by atoms with van der Waals surface area (Å²) >= 11 is 6.36. The molecule has 1 aromatic carbocycles. The topological polar surface area (TPSA) is 65.2 Å². The van der Waals surface area contributed by atoms with Gasteiger partial charge in [0.1, 0.15) is 12.4 Å². The number of nitrogens with two attached hydrogens (primary N) is 1. The second-order valence-electron chi connectivity index (χ2n) is 3.90. The van der Waals surface area contributed by atoms with Crippen LogP contribution in [0.25, 0.3) is 0 Å². The minimum Gasteiger partial charge on any atom is -0.456 e. The zero-order valence-electron chi connectivity index (χ0n) is 10.1. The highest BCUT2D eigenvalue weighted by Crippen LogP contribution is 2.23. The predicted molar refractivity (Wildman–Crippen MR) is 79.6 cm³/mol. The van der Waals surface area contributed by atoms with Crippen molar-refractivity contribution in [2.75, 3.05) is 5.73 Å². The molecular weight excluding hydrogens is 395 g/mol. The number of ether oxygens (including phenoxy) is 1. The smallest absolute Gasteiger partial charge is 0.339 e. The van der Waals surface area contributed by atoms with Crippen LogP contribution in [-0.4, -0.2) is 11.0 Å². The molecule has 4 nitrogen and oxygen atoms in total. The number of hydrogen-bond acceptors (Lipinski definition) is 4. The molecule has 2 N–H and O–H groups in total. The molecule has 0 radical (unpaired) electrons. The molecule has 0 bridgehead atoms. The van der Waals surface area contributed by atoms with E-state index in [4.69, 9.17) is 10.5 Å². The maximum Gasteiger partial charge on any atom is 0.339 e. The number of hydrogen-bond donors (Lipinski definition) is 1. The number of carbonyl (C=O) groups excluding carboxylic acids is 1. The van der Waals surface area contributed by atoms with Gasteiger partial charge in [0.15, 0.2) is 0 Å². The van der Waals surface area contributed by atoms with Gasteiger partial charge in [0.05, 0.1) is 16.9 Å². The van der Waals surface area contributed by atoms with E-state index < -0.39 is 11.8 Å². The fourth-order valence-electron chi connectivity index (χ4n) is 1.43. The zero-order valence-corrected chi connectivity index (χ0v) is 13.2. The lowest BCUT2D eigenvalue weighted by Gasteiger charge is -2.07. The fraction of sp³-hybridized carbons (Fsp3) is 0.0769. The van der Waals surface area contributed by atoms with Crippen molar-refractivity contribution in [1.29, 1.82) is 0 Å². The summed E-state index contributed by atoms with van der Waals surface area (Å²) in [6.45, 7) is 0.0236. The zero-order chi connectivity index (χ0) is 14.7. The van der Waals surface area contributed by atoms with E-state index in [1.54, 1.807) is 18.3 Å². The lowest BCUT2D eigenvalue weighted by Crippen LogP contribution is -2.08. The first-order valence-corrected chi connectivity index (χ1v) is 7.08. The highest BCUT2D eigenvalue weighted by molar-refractivity contribution is 9.10. The lowest BCUT2D eigenvalue weighted by atomic mass is 10.2. The van der Waals surface area contributed by atoms with E-state index in [9.17, 15) is 9.18 Å². The van der Waals surface area contributed by atoms with Crippen LogP contribution in [0.1, 0.15) is 16.1 Å². The van der Waals surface area contributed by atoms with Crippen LogP contribution in [0.15, 0.2) is 39.4 Å². The van der Waals surface area contributed by atoms with E-state index in [1.807, 2.05) is 0 Å². The molecule has 0 unspecified atom stereocenters. The minimum absolute atomic E-state index is 0.0236. The molecule has 20 heavy (non-hydrogen) atoms. The number of halogens is 3. The number of carbonyl (C=O) groups is 1. The molecular formula is C13H9Br2FN2O2. The summed E-state index contributed by atoms with van der Waals surface area (Å²) in [5.41, 5.74) is 6.09. The molecule has 0 aliphatic carbocycles. The Balaban J connectivity index is 2.09. The number of anilines is 1. The Morgan fingerprint density at radius 3 is 2.75 bits per heavy atom. The first-order valence-electron chi connectivity index (χ1n) is 5.49.